The van der Waals surface area contributed by atoms with Crippen molar-refractivity contribution in [2.24, 2.45) is 0 Å². The SMILES string of the molecule is O=C(Nc1cc(F)c(Br)cc1F)c1ccc(I)c(Cl)c1. The van der Waals surface area contributed by atoms with Gasteiger partial charge < -0.3 is 5.32 Å². The fraction of sp³-hybridized carbons (Fsp3) is 0. The Morgan fingerprint density at radius 2 is 1.90 bits per heavy atom. The third-order valence-electron chi connectivity index (χ3n) is 2.44. The summed E-state index contributed by atoms with van der Waals surface area (Å²) >= 11 is 10.8. The first-order chi connectivity index (χ1) is 9.38. The summed E-state index contributed by atoms with van der Waals surface area (Å²) in [4.78, 5) is 12.0. The maximum atomic E-state index is 13.6. The molecule has 0 aliphatic heterocycles. The lowest BCUT2D eigenvalue weighted by Crippen LogP contribution is -2.13. The van der Waals surface area contributed by atoms with Crippen LogP contribution in [0.25, 0.3) is 0 Å². The first-order valence-electron chi connectivity index (χ1n) is 5.29. The fourth-order valence-electron chi connectivity index (χ4n) is 1.45. The molecule has 2 aromatic carbocycles. The second-order valence-corrected chi connectivity index (χ2v) is 6.25. The minimum Gasteiger partial charge on any atom is -0.319 e. The minimum atomic E-state index is -0.733. The van der Waals surface area contributed by atoms with E-state index >= 15 is 0 Å². The van der Waals surface area contributed by atoms with Crippen molar-refractivity contribution in [3.63, 3.8) is 0 Å². The minimum absolute atomic E-state index is 0.00897. The Bertz CT molecular complexity index is 696. The van der Waals surface area contributed by atoms with E-state index in [1.807, 2.05) is 22.6 Å². The first-order valence-corrected chi connectivity index (χ1v) is 7.54. The second kappa shape index (κ2) is 6.36. The predicted octanol–water partition coefficient (Wildman–Crippen LogP) is 5.24. The van der Waals surface area contributed by atoms with Crippen molar-refractivity contribution in [2.45, 2.75) is 0 Å². The molecular formula is C13H6BrClF2INO. The fourth-order valence-corrected chi connectivity index (χ4v) is 2.28. The van der Waals surface area contributed by atoms with Crippen molar-refractivity contribution in [3.8, 4) is 0 Å². The lowest BCUT2D eigenvalue weighted by atomic mass is 10.2. The maximum Gasteiger partial charge on any atom is 0.255 e. The Labute approximate surface area is 140 Å². The molecule has 0 saturated heterocycles. The summed E-state index contributed by atoms with van der Waals surface area (Å²) < 4.78 is 27.7. The van der Waals surface area contributed by atoms with Gasteiger partial charge in [-0.25, -0.2) is 8.78 Å². The number of hydrogen-bond donors (Lipinski definition) is 1. The quantitative estimate of drug-likeness (QED) is 0.470. The van der Waals surface area contributed by atoms with E-state index in [0.717, 1.165) is 15.7 Å². The number of nitrogens with one attached hydrogen (secondary N) is 1. The molecule has 0 unspecified atom stereocenters. The summed E-state index contributed by atoms with van der Waals surface area (Å²) in [6.45, 7) is 0. The van der Waals surface area contributed by atoms with Crippen LogP contribution in [0.2, 0.25) is 5.02 Å². The number of halogens is 5. The highest BCUT2D eigenvalue weighted by Crippen LogP contribution is 2.24. The molecule has 0 fully saturated rings. The number of hydrogen-bond acceptors (Lipinski definition) is 1. The van der Waals surface area contributed by atoms with Crippen molar-refractivity contribution in [1.82, 2.24) is 0 Å². The van der Waals surface area contributed by atoms with Crippen LogP contribution in [0.3, 0.4) is 0 Å². The van der Waals surface area contributed by atoms with Crippen LogP contribution in [0.1, 0.15) is 10.4 Å². The van der Waals surface area contributed by atoms with Crippen molar-refractivity contribution >= 4 is 61.7 Å². The van der Waals surface area contributed by atoms with Crippen LogP contribution in [-0.4, -0.2) is 5.91 Å². The third kappa shape index (κ3) is 3.48. The smallest absolute Gasteiger partial charge is 0.255 e. The highest BCUT2D eigenvalue weighted by Gasteiger charge is 2.13. The molecule has 0 radical (unpaired) electrons. The van der Waals surface area contributed by atoms with Crippen LogP contribution in [0, 0.1) is 15.2 Å². The summed E-state index contributed by atoms with van der Waals surface area (Å²) in [6.07, 6.45) is 0. The lowest BCUT2D eigenvalue weighted by Gasteiger charge is -2.08. The number of rotatable bonds is 2. The van der Waals surface area contributed by atoms with Gasteiger partial charge in [-0.2, -0.15) is 0 Å². The van der Waals surface area contributed by atoms with Gasteiger partial charge >= 0.3 is 0 Å². The van der Waals surface area contributed by atoms with Gasteiger partial charge in [0, 0.05) is 15.2 Å². The zero-order chi connectivity index (χ0) is 14.9. The Balaban J connectivity index is 2.27. The number of anilines is 1. The Hall–Kier alpha value is -0.730. The van der Waals surface area contributed by atoms with Gasteiger partial charge in [-0.05, 0) is 62.8 Å². The van der Waals surface area contributed by atoms with Crippen LogP contribution in [-0.2, 0) is 0 Å². The molecule has 0 saturated carbocycles. The van der Waals surface area contributed by atoms with Gasteiger partial charge in [0.1, 0.15) is 11.6 Å². The molecule has 0 bridgehead atoms. The summed E-state index contributed by atoms with van der Waals surface area (Å²) in [5.41, 5.74) is 0.0310. The van der Waals surface area contributed by atoms with Crippen LogP contribution in [0.15, 0.2) is 34.8 Å². The van der Waals surface area contributed by atoms with E-state index < -0.39 is 17.5 Å². The van der Waals surface area contributed by atoms with Gasteiger partial charge in [0.2, 0.25) is 0 Å². The van der Waals surface area contributed by atoms with Crippen LogP contribution >= 0.6 is 50.1 Å². The first kappa shape index (κ1) is 15.7. The van der Waals surface area contributed by atoms with E-state index in [1.165, 1.54) is 6.07 Å². The molecule has 0 aliphatic carbocycles. The summed E-state index contributed by atoms with van der Waals surface area (Å²) in [5.74, 6) is -1.96. The van der Waals surface area contributed by atoms with E-state index in [1.54, 1.807) is 12.1 Å². The largest absolute Gasteiger partial charge is 0.319 e. The van der Waals surface area contributed by atoms with Gasteiger partial charge in [0.05, 0.1) is 15.2 Å². The zero-order valence-corrected chi connectivity index (χ0v) is 14.2. The van der Waals surface area contributed by atoms with Crippen molar-refractivity contribution < 1.29 is 13.6 Å². The van der Waals surface area contributed by atoms with Gasteiger partial charge in [-0.3, -0.25) is 4.79 Å². The van der Waals surface area contributed by atoms with Crippen molar-refractivity contribution in [2.75, 3.05) is 5.32 Å². The zero-order valence-electron chi connectivity index (χ0n) is 9.68. The normalized spacial score (nSPS) is 10.4. The van der Waals surface area contributed by atoms with E-state index in [4.69, 9.17) is 11.6 Å². The maximum absolute atomic E-state index is 13.6. The van der Waals surface area contributed by atoms with E-state index in [-0.39, 0.29) is 15.7 Å². The lowest BCUT2D eigenvalue weighted by molar-refractivity contribution is 0.102. The van der Waals surface area contributed by atoms with Gasteiger partial charge in [0.15, 0.2) is 0 Å². The van der Waals surface area contributed by atoms with Crippen molar-refractivity contribution in [1.29, 1.82) is 0 Å². The highest BCUT2D eigenvalue weighted by molar-refractivity contribution is 14.1. The molecule has 0 aromatic heterocycles. The molecule has 20 heavy (non-hydrogen) atoms. The topological polar surface area (TPSA) is 29.1 Å². The van der Waals surface area contributed by atoms with Gasteiger partial charge in [-0.15, -0.1) is 0 Å². The molecule has 7 heteroatoms. The Kier molecular flexibility index (Phi) is 4.98. The Morgan fingerprint density at radius 3 is 2.55 bits per heavy atom. The molecule has 2 nitrogen and oxygen atoms in total. The Morgan fingerprint density at radius 1 is 1.20 bits per heavy atom. The predicted molar refractivity (Wildman–Crippen MR) is 86.2 cm³/mol. The number of amides is 1. The number of benzene rings is 2. The monoisotopic (exact) mass is 471 g/mol. The third-order valence-corrected chi connectivity index (χ3v) is 4.62. The average Bonchev–Trinajstić information content (AvgIpc) is 2.39. The number of carbonyl (C=O) groups excluding carboxylic acids is 1. The molecule has 0 atom stereocenters. The molecule has 1 amide bonds. The van der Waals surface area contributed by atoms with Crippen LogP contribution in [0.4, 0.5) is 14.5 Å². The molecule has 104 valence electrons. The average molecular weight is 472 g/mol. The summed E-state index contributed by atoms with van der Waals surface area (Å²) in [7, 11) is 0. The highest BCUT2D eigenvalue weighted by atomic mass is 127. The molecule has 0 aliphatic rings. The van der Waals surface area contributed by atoms with E-state index in [9.17, 15) is 13.6 Å². The molecule has 2 rings (SSSR count). The van der Waals surface area contributed by atoms with Crippen LogP contribution in [0.5, 0.6) is 0 Å². The van der Waals surface area contributed by atoms with E-state index in [0.29, 0.717) is 5.02 Å². The molecule has 0 spiro atoms. The molecule has 0 heterocycles. The summed E-state index contributed by atoms with van der Waals surface area (Å²) in [5, 5.41) is 2.72. The number of carbonyl (C=O) groups is 1. The molecular weight excluding hydrogens is 466 g/mol. The summed E-state index contributed by atoms with van der Waals surface area (Å²) in [6, 6.07) is 6.54. The van der Waals surface area contributed by atoms with Crippen molar-refractivity contribution in [3.05, 3.63) is 60.6 Å². The second-order valence-electron chi connectivity index (χ2n) is 3.83. The standard InChI is InChI=1S/C13H6BrClF2INO/c14-7-4-10(17)12(5-9(7)16)19-13(20)6-1-2-11(18)8(15)3-6/h1-5H,(H,19,20). The van der Waals surface area contributed by atoms with Gasteiger partial charge in [0.25, 0.3) is 5.91 Å². The van der Waals surface area contributed by atoms with Crippen LogP contribution < -0.4 is 5.32 Å². The van der Waals surface area contributed by atoms with E-state index in [2.05, 4.69) is 21.2 Å². The molecule has 1 N–H and O–H groups in total. The molecule has 2 aromatic rings. The van der Waals surface area contributed by atoms with Gasteiger partial charge in [-0.1, -0.05) is 11.6 Å².